The van der Waals surface area contributed by atoms with Crippen molar-refractivity contribution in [2.24, 2.45) is 0 Å². The molecule has 0 aliphatic carbocycles. The number of rotatable bonds is 8. The molecule has 3 heterocycles. The summed E-state index contributed by atoms with van der Waals surface area (Å²) in [6.07, 6.45) is 3.54. The standard InChI is InChI=1S/C21H22N4O2S/c1-2-7-19-23-25-20(26)12-17(22-21(25)28-19)14-24(15-18-10-6-11-27-18)13-16-8-4-3-5-9-16/h3-6,8-12H,2,7,13-15H2,1H3. The molecule has 4 rings (SSSR count). The number of hydrogen-bond donors (Lipinski definition) is 0. The number of fused-ring (bicyclic) bond motifs is 1. The lowest BCUT2D eigenvalue weighted by atomic mass is 10.2. The quantitative estimate of drug-likeness (QED) is 0.454. The summed E-state index contributed by atoms with van der Waals surface area (Å²) in [5.74, 6) is 0.886. The van der Waals surface area contributed by atoms with Crippen LogP contribution in [0.3, 0.4) is 0 Å². The lowest BCUT2D eigenvalue weighted by Gasteiger charge is -2.21. The molecule has 0 N–H and O–H groups in total. The van der Waals surface area contributed by atoms with Crippen LogP contribution in [0.2, 0.25) is 0 Å². The smallest absolute Gasteiger partial charge is 0.275 e. The van der Waals surface area contributed by atoms with Crippen molar-refractivity contribution in [2.45, 2.75) is 39.4 Å². The van der Waals surface area contributed by atoms with Gasteiger partial charge in [-0.3, -0.25) is 9.69 Å². The Balaban J connectivity index is 1.60. The van der Waals surface area contributed by atoms with E-state index in [0.29, 0.717) is 18.1 Å². The van der Waals surface area contributed by atoms with Crippen LogP contribution in [0.15, 0.2) is 64.0 Å². The maximum absolute atomic E-state index is 12.5. The van der Waals surface area contributed by atoms with Gasteiger partial charge in [-0.2, -0.15) is 9.61 Å². The highest BCUT2D eigenvalue weighted by Gasteiger charge is 2.14. The number of furan rings is 1. The molecule has 0 unspecified atom stereocenters. The Bertz CT molecular complexity index is 1090. The molecule has 4 aromatic rings. The van der Waals surface area contributed by atoms with Gasteiger partial charge in [0.05, 0.1) is 18.5 Å². The molecule has 3 aromatic heterocycles. The fraction of sp³-hybridized carbons (Fsp3) is 0.286. The van der Waals surface area contributed by atoms with Gasteiger partial charge in [0.25, 0.3) is 5.56 Å². The third kappa shape index (κ3) is 4.37. The molecular weight excluding hydrogens is 372 g/mol. The summed E-state index contributed by atoms with van der Waals surface area (Å²) in [6.45, 7) is 4.05. The Morgan fingerprint density at radius 1 is 1.11 bits per heavy atom. The van der Waals surface area contributed by atoms with Gasteiger partial charge in [-0.05, 0) is 24.1 Å². The van der Waals surface area contributed by atoms with Crippen LogP contribution >= 0.6 is 11.3 Å². The number of aryl methyl sites for hydroxylation is 1. The predicted molar refractivity (Wildman–Crippen MR) is 109 cm³/mol. The average molecular weight is 395 g/mol. The molecule has 0 atom stereocenters. The number of benzene rings is 1. The van der Waals surface area contributed by atoms with E-state index < -0.39 is 0 Å². The van der Waals surface area contributed by atoms with Crippen molar-refractivity contribution >= 4 is 16.3 Å². The summed E-state index contributed by atoms with van der Waals surface area (Å²) in [5, 5.41) is 5.33. The van der Waals surface area contributed by atoms with E-state index in [9.17, 15) is 4.79 Å². The zero-order valence-corrected chi connectivity index (χ0v) is 16.6. The Morgan fingerprint density at radius 2 is 1.96 bits per heavy atom. The second kappa shape index (κ2) is 8.50. The Kier molecular flexibility index (Phi) is 5.64. The van der Waals surface area contributed by atoms with Crippen LogP contribution in [0, 0.1) is 0 Å². The second-order valence-corrected chi connectivity index (χ2v) is 7.78. The highest BCUT2D eigenvalue weighted by Crippen LogP contribution is 2.16. The van der Waals surface area contributed by atoms with Gasteiger partial charge in [0.15, 0.2) is 0 Å². The average Bonchev–Trinajstić information content (AvgIpc) is 3.33. The largest absolute Gasteiger partial charge is 0.468 e. The molecule has 1 aromatic carbocycles. The molecule has 7 heteroatoms. The van der Waals surface area contributed by atoms with Crippen LogP contribution in [0.25, 0.3) is 4.96 Å². The van der Waals surface area contributed by atoms with Crippen LogP contribution in [-0.4, -0.2) is 19.5 Å². The van der Waals surface area contributed by atoms with E-state index in [4.69, 9.17) is 9.40 Å². The summed E-state index contributed by atoms with van der Waals surface area (Å²) in [4.78, 5) is 20.1. The fourth-order valence-corrected chi connectivity index (χ4v) is 4.17. The topological polar surface area (TPSA) is 63.6 Å². The Labute approximate surface area is 167 Å². The molecule has 0 saturated carbocycles. The zero-order valence-electron chi connectivity index (χ0n) is 15.7. The van der Waals surface area contributed by atoms with Gasteiger partial charge in [-0.15, -0.1) is 0 Å². The maximum Gasteiger partial charge on any atom is 0.275 e. The van der Waals surface area contributed by atoms with Crippen molar-refractivity contribution in [3.63, 3.8) is 0 Å². The molecular formula is C21H22N4O2S. The van der Waals surface area contributed by atoms with E-state index in [1.165, 1.54) is 21.4 Å². The summed E-state index contributed by atoms with van der Waals surface area (Å²) in [7, 11) is 0. The molecule has 0 aliphatic heterocycles. The number of aromatic nitrogens is 3. The summed E-state index contributed by atoms with van der Waals surface area (Å²) < 4.78 is 6.94. The second-order valence-electron chi connectivity index (χ2n) is 6.74. The molecule has 0 radical (unpaired) electrons. The summed E-state index contributed by atoms with van der Waals surface area (Å²) >= 11 is 1.49. The van der Waals surface area contributed by atoms with Crippen molar-refractivity contribution in [3.05, 3.63) is 87.2 Å². The zero-order chi connectivity index (χ0) is 19.3. The van der Waals surface area contributed by atoms with Gasteiger partial charge in [0.1, 0.15) is 10.8 Å². The summed E-state index contributed by atoms with van der Waals surface area (Å²) in [5.41, 5.74) is 1.82. The van der Waals surface area contributed by atoms with Gasteiger partial charge in [-0.25, -0.2) is 4.98 Å². The third-order valence-corrected chi connectivity index (χ3v) is 5.37. The van der Waals surface area contributed by atoms with Gasteiger partial charge >= 0.3 is 0 Å². The molecule has 0 aliphatic rings. The van der Waals surface area contributed by atoms with E-state index >= 15 is 0 Å². The monoisotopic (exact) mass is 394 g/mol. The van der Waals surface area contributed by atoms with Gasteiger partial charge in [0, 0.05) is 25.6 Å². The number of nitrogens with zero attached hydrogens (tertiary/aromatic N) is 4. The Hall–Kier alpha value is -2.77. The predicted octanol–water partition coefficient (Wildman–Crippen LogP) is 3.90. The van der Waals surface area contributed by atoms with Gasteiger partial charge in [-0.1, -0.05) is 48.6 Å². The van der Waals surface area contributed by atoms with Gasteiger partial charge < -0.3 is 4.42 Å². The van der Waals surface area contributed by atoms with Crippen LogP contribution < -0.4 is 5.56 Å². The lowest BCUT2D eigenvalue weighted by molar-refractivity contribution is 0.224. The number of hydrogen-bond acceptors (Lipinski definition) is 6. The van der Waals surface area contributed by atoms with Crippen molar-refractivity contribution in [2.75, 3.05) is 0 Å². The minimum Gasteiger partial charge on any atom is -0.468 e. The SMILES string of the molecule is CCCc1nn2c(=O)cc(CN(Cc3ccccc3)Cc3ccco3)nc2s1. The first-order valence-corrected chi connectivity index (χ1v) is 10.2. The Morgan fingerprint density at radius 3 is 2.71 bits per heavy atom. The van der Waals surface area contributed by atoms with Gasteiger partial charge in [0.2, 0.25) is 4.96 Å². The highest BCUT2D eigenvalue weighted by atomic mass is 32.1. The van der Waals surface area contributed by atoms with Crippen molar-refractivity contribution in [3.8, 4) is 0 Å². The van der Waals surface area contributed by atoms with Crippen LogP contribution in [0.4, 0.5) is 0 Å². The molecule has 28 heavy (non-hydrogen) atoms. The minimum absolute atomic E-state index is 0.128. The normalized spacial score (nSPS) is 11.5. The highest BCUT2D eigenvalue weighted by molar-refractivity contribution is 7.16. The van der Waals surface area contributed by atoms with E-state index in [1.807, 2.05) is 30.3 Å². The molecule has 0 bridgehead atoms. The molecule has 0 saturated heterocycles. The van der Waals surface area contributed by atoms with Crippen molar-refractivity contribution in [1.82, 2.24) is 19.5 Å². The fourth-order valence-electron chi connectivity index (χ4n) is 3.15. The van der Waals surface area contributed by atoms with Crippen LogP contribution in [-0.2, 0) is 26.1 Å². The van der Waals surface area contributed by atoms with Crippen LogP contribution in [0.5, 0.6) is 0 Å². The van der Waals surface area contributed by atoms with Crippen molar-refractivity contribution < 1.29 is 4.42 Å². The molecule has 6 nitrogen and oxygen atoms in total. The first-order valence-electron chi connectivity index (χ1n) is 9.38. The molecule has 0 spiro atoms. The van der Waals surface area contributed by atoms with E-state index in [1.54, 1.807) is 12.3 Å². The lowest BCUT2D eigenvalue weighted by Crippen LogP contribution is -2.25. The third-order valence-electron chi connectivity index (χ3n) is 4.40. The first-order chi connectivity index (χ1) is 13.7. The molecule has 0 fully saturated rings. The van der Waals surface area contributed by atoms with E-state index in [2.05, 4.69) is 29.1 Å². The molecule has 0 amide bonds. The van der Waals surface area contributed by atoms with E-state index in [-0.39, 0.29) is 5.56 Å². The minimum atomic E-state index is -0.128. The summed E-state index contributed by atoms with van der Waals surface area (Å²) in [6, 6.07) is 15.7. The first kappa shape index (κ1) is 18.6. The van der Waals surface area contributed by atoms with E-state index in [0.717, 1.165) is 35.8 Å². The molecule has 144 valence electrons. The maximum atomic E-state index is 12.5. The van der Waals surface area contributed by atoms with Crippen LogP contribution in [0.1, 0.15) is 35.4 Å². The van der Waals surface area contributed by atoms with Crippen molar-refractivity contribution in [1.29, 1.82) is 0 Å².